The summed E-state index contributed by atoms with van der Waals surface area (Å²) in [6.07, 6.45) is 1.72. The molecule has 0 N–H and O–H groups in total. The number of carbonyl (C=O) groups is 2. The van der Waals surface area contributed by atoms with Crippen molar-refractivity contribution in [3.05, 3.63) is 65.9 Å². The van der Waals surface area contributed by atoms with Gasteiger partial charge in [-0.25, -0.2) is 0 Å². The second kappa shape index (κ2) is 9.25. The van der Waals surface area contributed by atoms with Crippen molar-refractivity contribution in [2.75, 3.05) is 44.7 Å². The molecule has 2 aromatic carbocycles. The molecule has 6 nitrogen and oxygen atoms in total. The van der Waals surface area contributed by atoms with Gasteiger partial charge >= 0.3 is 0 Å². The number of benzene rings is 2. The number of methoxy groups -OCH3 is 1. The SMILES string of the molecule is CCCCN1C(=O)C(c2ccccc2OC)=C(N2CCN(c3ccccc3)CC2)C1=O. The molecule has 1 fully saturated rings. The van der Waals surface area contributed by atoms with Gasteiger partial charge in [0.05, 0.1) is 12.7 Å². The van der Waals surface area contributed by atoms with Gasteiger partial charge in [0, 0.05) is 44.0 Å². The third-order valence-corrected chi connectivity index (χ3v) is 5.97. The Kier molecular flexibility index (Phi) is 6.26. The number of hydrogen-bond donors (Lipinski definition) is 0. The Morgan fingerprint density at radius 1 is 0.839 bits per heavy atom. The Hall–Kier alpha value is -3.28. The number of unbranched alkanes of at least 4 members (excludes halogenated alkanes) is 1. The molecule has 1 saturated heterocycles. The molecule has 162 valence electrons. The van der Waals surface area contributed by atoms with Crippen LogP contribution in [0.1, 0.15) is 25.3 Å². The number of hydrogen-bond acceptors (Lipinski definition) is 5. The third kappa shape index (κ3) is 4.02. The minimum atomic E-state index is -0.219. The smallest absolute Gasteiger partial charge is 0.277 e. The first-order valence-electron chi connectivity index (χ1n) is 10.9. The number of rotatable bonds is 7. The van der Waals surface area contributed by atoms with Gasteiger partial charge in [-0.1, -0.05) is 49.7 Å². The highest BCUT2D eigenvalue weighted by Crippen LogP contribution is 2.36. The lowest BCUT2D eigenvalue weighted by Crippen LogP contribution is -2.47. The Morgan fingerprint density at radius 3 is 2.16 bits per heavy atom. The minimum absolute atomic E-state index is 0.187. The number of carbonyl (C=O) groups excluding carboxylic acids is 2. The lowest BCUT2D eigenvalue weighted by Gasteiger charge is -2.37. The van der Waals surface area contributed by atoms with E-state index in [1.54, 1.807) is 7.11 Å². The summed E-state index contributed by atoms with van der Waals surface area (Å²) in [6, 6.07) is 17.7. The molecule has 2 amide bonds. The van der Waals surface area contributed by atoms with Crippen LogP contribution >= 0.6 is 0 Å². The molecule has 0 aromatic heterocycles. The van der Waals surface area contributed by atoms with Crippen molar-refractivity contribution in [2.24, 2.45) is 0 Å². The van der Waals surface area contributed by atoms with Crippen LogP contribution in [-0.4, -0.2) is 61.4 Å². The molecule has 6 heteroatoms. The largest absolute Gasteiger partial charge is 0.496 e. The molecule has 31 heavy (non-hydrogen) atoms. The van der Waals surface area contributed by atoms with Gasteiger partial charge in [0.1, 0.15) is 11.4 Å². The zero-order chi connectivity index (χ0) is 21.8. The molecule has 2 aromatic rings. The van der Waals surface area contributed by atoms with Crippen molar-refractivity contribution < 1.29 is 14.3 Å². The predicted octanol–water partition coefficient (Wildman–Crippen LogP) is 3.40. The summed E-state index contributed by atoms with van der Waals surface area (Å²) >= 11 is 0. The molecule has 0 aliphatic carbocycles. The second-order valence-electron chi connectivity index (χ2n) is 7.85. The van der Waals surface area contributed by atoms with Crippen LogP contribution in [0, 0.1) is 0 Å². The number of imide groups is 1. The maximum atomic E-state index is 13.4. The Labute approximate surface area is 183 Å². The number of piperazine rings is 1. The van der Waals surface area contributed by atoms with E-state index < -0.39 is 0 Å². The van der Waals surface area contributed by atoms with Gasteiger partial charge in [0.2, 0.25) is 0 Å². The maximum Gasteiger partial charge on any atom is 0.277 e. The first-order valence-corrected chi connectivity index (χ1v) is 10.9. The highest BCUT2D eigenvalue weighted by atomic mass is 16.5. The van der Waals surface area contributed by atoms with E-state index in [0.29, 0.717) is 42.2 Å². The quantitative estimate of drug-likeness (QED) is 0.644. The van der Waals surface area contributed by atoms with Crippen LogP contribution in [0.25, 0.3) is 5.57 Å². The van der Waals surface area contributed by atoms with Crippen molar-refractivity contribution in [2.45, 2.75) is 19.8 Å². The Morgan fingerprint density at radius 2 is 1.48 bits per heavy atom. The second-order valence-corrected chi connectivity index (χ2v) is 7.85. The molecule has 0 spiro atoms. The highest BCUT2D eigenvalue weighted by molar-refractivity contribution is 6.36. The van der Waals surface area contributed by atoms with Gasteiger partial charge in [0.15, 0.2) is 0 Å². The zero-order valence-electron chi connectivity index (χ0n) is 18.2. The normalized spacial score (nSPS) is 17.0. The molecule has 4 rings (SSSR count). The van der Waals surface area contributed by atoms with Crippen LogP contribution in [-0.2, 0) is 9.59 Å². The van der Waals surface area contributed by atoms with E-state index in [4.69, 9.17) is 4.74 Å². The van der Waals surface area contributed by atoms with Gasteiger partial charge in [-0.3, -0.25) is 14.5 Å². The van der Waals surface area contributed by atoms with Crippen LogP contribution in [0.15, 0.2) is 60.3 Å². The van der Waals surface area contributed by atoms with Gasteiger partial charge in [0.25, 0.3) is 11.8 Å². The lowest BCUT2D eigenvalue weighted by molar-refractivity contribution is -0.137. The Bertz CT molecular complexity index is 979. The van der Waals surface area contributed by atoms with E-state index >= 15 is 0 Å². The van der Waals surface area contributed by atoms with E-state index in [0.717, 1.165) is 25.9 Å². The van der Waals surface area contributed by atoms with E-state index in [9.17, 15) is 9.59 Å². The third-order valence-electron chi connectivity index (χ3n) is 5.97. The molecule has 0 unspecified atom stereocenters. The first kappa shape index (κ1) is 21.0. The van der Waals surface area contributed by atoms with E-state index in [1.807, 2.05) is 42.5 Å². The van der Waals surface area contributed by atoms with E-state index in [2.05, 4.69) is 28.9 Å². The number of anilines is 1. The van der Waals surface area contributed by atoms with E-state index in [1.165, 1.54) is 10.6 Å². The molecule has 0 saturated carbocycles. The van der Waals surface area contributed by atoms with Crippen molar-refractivity contribution in [3.8, 4) is 5.75 Å². The predicted molar refractivity (Wildman–Crippen MR) is 122 cm³/mol. The number of nitrogens with zero attached hydrogens (tertiary/aromatic N) is 3. The molecular formula is C25H29N3O3. The summed E-state index contributed by atoms with van der Waals surface area (Å²) in [5.74, 6) is 0.201. The summed E-state index contributed by atoms with van der Waals surface area (Å²) in [7, 11) is 1.59. The minimum Gasteiger partial charge on any atom is -0.496 e. The first-order chi connectivity index (χ1) is 15.2. The van der Waals surface area contributed by atoms with Crippen molar-refractivity contribution in [1.82, 2.24) is 9.80 Å². The average molecular weight is 420 g/mol. The monoisotopic (exact) mass is 419 g/mol. The van der Waals surface area contributed by atoms with Crippen LogP contribution < -0.4 is 9.64 Å². The van der Waals surface area contributed by atoms with Gasteiger partial charge < -0.3 is 14.5 Å². The molecule has 0 radical (unpaired) electrons. The van der Waals surface area contributed by atoms with Crippen LogP contribution in [0.2, 0.25) is 0 Å². The Balaban J connectivity index is 1.67. The summed E-state index contributed by atoms with van der Waals surface area (Å²) in [5.41, 5.74) is 2.84. The summed E-state index contributed by atoms with van der Waals surface area (Å²) in [6.45, 7) is 5.46. The van der Waals surface area contributed by atoms with Crippen LogP contribution in [0.4, 0.5) is 5.69 Å². The summed E-state index contributed by atoms with van der Waals surface area (Å²) < 4.78 is 5.53. The fraction of sp³-hybridized carbons (Fsp3) is 0.360. The zero-order valence-corrected chi connectivity index (χ0v) is 18.2. The average Bonchev–Trinajstić information content (AvgIpc) is 3.07. The molecule has 2 aliphatic heterocycles. The van der Waals surface area contributed by atoms with Gasteiger partial charge in [-0.2, -0.15) is 0 Å². The number of para-hydroxylation sites is 2. The fourth-order valence-electron chi connectivity index (χ4n) is 4.30. The summed E-state index contributed by atoms with van der Waals surface area (Å²) in [5, 5.41) is 0. The number of amides is 2. The van der Waals surface area contributed by atoms with Gasteiger partial charge in [-0.05, 0) is 24.6 Å². The van der Waals surface area contributed by atoms with Crippen molar-refractivity contribution in [3.63, 3.8) is 0 Å². The topological polar surface area (TPSA) is 53.1 Å². The molecular weight excluding hydrogens is 390 g/mol. The summed E-state index contributed by atoms with van der Waals surface area (Å²) in [4.78, 5) is 32.6. The molecule has 2 heterocycles. The van der Waals surface area contributed by atoms with Crippen molar-refractivity contribution in [1.29, 1.82) is 0 Å². The number of ether oxygens (including phenoxy) is 1. The van der Waals surface area contributed by atoms with Crippen LogP contribution in [0.5, 0.6) is 5.75 Å². The molecule has 0 bridgehead atoms. The molecule has 0 atom stereocenters. The standard InChI is InChI=1S/C25H29N3O3/c1-3-4-14-28-24(29)22(20-12-8-9-13-21(20)31-2)23(25(28)30)27-17-15-26(16-18-27)19-10-6-5-7-11-19/h5-13H,3-4,14-18H2,1-2H3. The van der Waals surface area contributed by atoms with Crippen molar-refractivity contribution >= 4 is 23.1 Å². The molecule has 2 aliphatic rings. The fourth-order valence-corrected chi connectivity index (χ4v) is 4.30. The van der Waals surface area contributed by atoms with Crippen LogP contribution in [0.3, 0.4) is 0 Å². The lowest BCUT2D eigenvalue weighted by atomic mass is 10.0. The highest BCUT2D eigenvalue weighted by Gasteiger charge is 2.42. The van der Waals surface area contributed by atoms with Gasteiger partial charge in [-0.15, -0.1) is 0 Å². The van der Waals surface area contributed by atoms with E-state index in [-0.39, 0.29) is 11.8 Å². The maximum absolute atomic E-state index is 13.4.